The zero-order chi connectivity index (χ0) is 16.2. The molecule has 1 aromatic heterocycles. The highest BCUT2D eigenvalue weighted by Gasteiger charge is 2.30. The predicted octanol–water partition coefficient (Wildman–Crippen LogP) is 3.43. The van der Waals surface area contributed by atoms with E-state index in [-0.39, 0.29) is 12.4 Å². The van der Waals surface area contributed by atoms with Gasteiger partial charge in [-0.15, -0.1) is 0 Å². The summed E-state index contributed by atoms with van der Waals surface area (Å²) < 4.78 is 42.3. The van der Waals surface area contributed by atoms with Gasteiger partial charge in [-0.1, -0.05) is 6.07 Å². The Kier molecular flexibility index (Phi) is 4.65. The van der Waals surface area contributed by atoms with Crippen LogP contribution < -0.4 is 10.1 Å². The van der Waals surface area contributed by atoms with Crippen molar-refractivity contribution in [1.29, 1.82) is 0 Å². The third-order valence-corrected chi connectivity index (χ3v) is 2.73. The number of hydrogen-bond donors (Lipinski definition) is 1. The van der Waals surface area contributed by atoms with E-state index in [2.05, 4.69) is 10.3 Å². The zero-order valence-electron chi connectivity index (χ0n) is 11.6. The molecule has 1 amide bonds. The molecule has 0 radical (unpaired) electrons. The Morgan fingerprint density at radius 3 is 2.41 bits per heavy atom. The molecule has 0 aliphatic heterocycles. The van der Waals surface area contributed by atoms with Gasteiger partial charge in [-0.05, 0) is 42.8 Å². The summed E-state index contributed by atoms with van der Waals surface area (Å²) in [5.41, 5.74) is 0.187. The number of hydrogen-bond acceptors (Lipinski definition) is 3. The number of carbonyl (C=O) groups excluding carboxylic acids is 1. The number of nitrogens with one attached hydrogen (secondary N) is 1. The van der Waals surface area contributed by atoms with Crippen LogP contribution >= 0.6 is 0 Å². The second-order valence-electron chi connectivity index (χ2n) is 4.58. The molecule has 0 aliphatic carbocycles. The lowest BCUT2D eigenvalue weighted by molar-refractivity contribution is -0.137. The molecule has 1 heterocycles. The fraction of sp³-hybridized carbons (Fsp3) is 0.200. The molecule has 0 fully saturated rings. The van der Waals surface area contributed by atoms with Crippen molar-refractivity contribution in [3.05, 3.63) is 53.7 Å². The van der Waals surface area contributed by atoms with E-state index in [0.29, 0.717) is 5.82 Å². The molecule has 1 aromatic carbocycles. The van der Waals surface area contributed by atoms with Gasteiger partial charge in [-0.2, -0.15) is 13.2 Å². The van der Waals surface area contributed by atoms with E-state index in [1.807, 2.05) is 6.92 Å². The Morgan fingerprint density at radius 2 is 1.86 bits per heavy atom. The number of aromatic nitrogens is 1. The number of ether oxygens (including phenoxy) is 1. The number of anilines is 1. The van der Waals surface area contributed by atoms with Crippen LogP contribution in [0, 0.1) is 6.92 Å². The molecule has 1 N–H and O–H groups in total. The van der Waals surface area contributed by atoms with Crippen molar-refractivity contribution in [3.8, 4) is 5.75 Å². The highest BCUT2D eigenvalue weighted by atomic mass is 19.4. The lowest BCUT2D eigenvalue weighted by Crippen LogP contribution is -2.20. The van der Waals surface area contributed by atoms with Gasteiger partial charge < -0.3 is 10.1 Å². The van der Waals surface area contributed by atoms with Gasteiger partial charge in [0.2, 0.25) is 0 Å². The first kappa shape index (κ1) is 15.8. The van der Waals surface area contributed by atoms with Crippen LogP contribution in [0.1, 0.15) is 11.1 Å². The van der Waals surface area contributed by atoms with E-state index in [4.69, 9.17) is 4.74 Å². The highest BCUT2D eigenvalue weighted by molar-refractivity contribution is 5.90. The quantitative estimate of drug-likeness (QED) is 0.941. The van der Waals surface area contributed by atoms with Crippen molar-refractivity contribution in [2.75, 3.05) is 11.9 Å². The minimum atomic E-state index is -4.40. The first-order valence-electron chi connectivity index (χ1n) is 6.37. The molecule has 0 unspecified atom stereocenters. The SMILES string of the molecule is Cc1ccc(NC(=O)COc2ccc(C(F)(F)F)cc2)nc1. The summed E-state index contributed by atoms with van der Waals surface area (Å²) in [4.78, 5) is 15.6. The molecule has 22 heavy (non-hydrogen) atoms. The molecule has 116 valence electrons. The molecule has 0 aliphatic rings. The fourth-order valence-corrected chi connectivity index (χ4v) is 1.61. The third-order valence-electron chi connectivity index (χ3n) is 2.73. The number of aryl methyl sites for hydroxylation is 1. The summed E-state index contributed by atoms with van der Waals surface area (Å²) in [6, 6.07) is 7.56. The molecule has 0 bridgehead atoms. The number of rotatable bonds is 4. The first-order chi connectivity index (χ1) is 10.3. The Balaban J connectivity index is 1.87. The van der Waals surface area contributed by atoms with Gasteiger partial charge in [0.25, 0.3) is 5.91 Å². The van der Waals surface area contributed by atoms with Crippen molar-refractivity contribution < 1.29 is 22.7 Å². The predicted molar refractivity (Wildman–Crippen MR) is 74.5 cm³/mol. The van der Waals surface area contributed by atoms with Crippen molar-refractivity contribution >= 4 is 11.7 Å². The van der Waals surface area contributed by atoms with Gasteiger partial charge in [0.15, 0.2) is 6.61 Å². The lowest BCUT2D eigenvalue weighted by Gasteiger charge is -2.09. The van der Waals surface area contributed by atoms with Gasteiger partial charge in [-0.3, -0.25) is 4.79 Å². The lowest BCUT2D eigenvalue weighted by atomic mass is 10.2. The summed E-state index contributed by atoms with van der Waals surface area (Å²) in [5, 5.41) is 2.52. The second kappa shape index (κ2) is 6.46. The summed E-state index contributed by atoms with van der Waals surface area (Å²) in [5.74, 6) is 0.114. The van der Waals surface area contributed by atoms with Gasteiger partial charge in [0.1, 0.15) is 11.6 Å². The molecule has 4 nitrogen and oxygen atoms in total. The number of benzene rings is 1. The number of alkyl halides is 3. The third kappa shape index (κ3) is 4.47. The van der Waals surface area contributed by atoms with Crippen LogP contribution in [0.25, 0.3) is 0 Å². The molecule has 0 saturated heterocycles. The van der Waals surface area contributed by atoms with Crippen LogP contribution in [0.4, 0.5) is 19.0 Å². The van der Waals surface area contributed by atoms with E-state index in [9.17, 15) is 18.0 Å². The summed E-state index contributed by atoms with van der Waals surface area (Å²) in [7, 11) is 0. The van der Waals surface area contributed by atoms with Crippen LogP contribution in [0.5, 0.6) is 5.75 Å². The zero-order valence-corrected chi connectivity index (χ0v) is 11.6. The van der Waals surface area contributed by atoms with Crippen molar-refractivity contribution in [2.24, 2.45) is 0 Å². The maximum atomic E-state index is 12.4. The Labute approximate surface area is 124 Å². The molecule has 2 aromatic rings. The number of nitrogens with zero attached hydrogens (tertiary/aromatic N) is 1. The van der Waals surface area contributed by atoms with E-state index in [1.54, 1.807) is 18.3 Å². The van der Waals surface area contributed by atoms with Gasteiger partial charge in [-0.25, -0.2) is 4.98 Å². The Hall–Kier alpha value is -2.57. The van der Waals surface area contributed by atoms with Gasteiger partial charge in [0, 0.05) is 6.20 Å². The average molecular weight is 310 g/mol. The van der Waals surface area contributed by atoms with Gasteiger partial charge >= 0.3 is 6.18 Å². The average Bonchev–Trinajstić information content (AvgIpc) is 2.47. The molecule has 7 heteroatoms. The van der Waals surface area contributed by atoms with E-state index in [1.165, 1.54) is 12.1 Å². The monoisotopic (exact) mass is 310 g/mol. The van der Waals surface area contributed by atoms with Crippen molar-refractivity contribution in [3.63, 3.8) is 0 Å². The number of halogens is 3. The standard InChI is InChI=1S/C15H13F3N2O2/c1-10-2-7-13(19-8-10)20-14(21)9-22-12-5-3-11(4-6-12)15(16,17)18/h2-8H,9H2,1H3,(H,19,20,21). The van der Waals surface area contributed by atoms with Gasteiger partial charge in [0.05, 0.1) is 5.56 Å². The van der Waals surface area contributed by atoms with Crippen LogP contribution in [0.15, 0.2) is 42.6 Å². The molecular formula is C15H13F3N2O2. The minimum absolute atomic E-state index is 0.181. The summed E-state index contributed by atoms with van der Waals surface area (Å²) in [6.07, 6.45) is -2.79. The highest BCUT2D eigenvalue weighted by Crippen LogP contribution is 2.30. The number of amides is 1. The van der Waals surface area contributed by atoms with Crippen LogP contribution in [0.3, 0.4) is 0 Å². The maximum Gasteiger partial charge on any atom is 0.416 e. The normalized spacial score (nSPS) is 11.1. The van der Waals surface area contributed by atoms with Crippen LogP contribution in [-0.4, -0.2) is 17.5 Å². The molecule has 0 spiro atoms. The Bertz CT molecular complexity index is 637. The Morgan fingerprint density at radius 1 is 1.18 bits per heavy atom. The molecule has 0 saturated carbocycles. The van der Waals surface area contributed by atoms with Crippen LogP contribution in [0.2, 0.25) is 0 Å². The number of pyridine rings is 1. The number of carbonyl (C=O) groups is 1. The topological polar surface area (TPSA) is 51.2 Å². The molecule has 2 rings (SSSR count). The fourth-order valence-electron chi connectivity index (χ4n) is 1.61. The second-order valence-corrected chi connectivity index (χ2v) is 4.58. The smallest absolute Gasteiger partial charge is 0.416 e. The van der Waals surface area contributed by atoms with E-state index >= 15 is 0 Å². The molecule has 0 atom stereocenters. The van der Waals surface area contributed by atoms with E-state index < -0.39 is 17.6 Å². The summed E-state index contributed by atoms with van der Waals surface area (Å²) >= 11 is 0. The summed E-state index contributed by atoms with van der Waals surface area (Å²) in [6.45, 7) is 1.55. The largest absolute Gasteiger partial charge is 0.484 e. The van der Waals surface area contributed by atoms with Crippen molar-refractivity contribution in [2.45, 2.75) is 13.1 Å². The van der Waals surface area contributed by atoms with Crippen LogP contribution in [-0.2, 0) is 11.0 Å². The van der Waals surface area contributed by atoms with Crippen molar-refractivity contribution in [1.82, 2.24) is 4.98 Å². The molecular weight excluding hydrogens is 297 g/mol. The first-order valence-corrected chi connectivity index (χ1v) is 6.37. The van der Waals surface area contributed by atoms with E-state index in [0.717, 1.165) is 17.7 Å². The minimum Gasteiger partial charge on any atom is -0.484 e. The maximum absolute atomic E-state index is 12.4.